The third kappa shape index (κ3) is 3.73. The Bertz CT molecular complexity index is 700. The Morgan fingerprint density at radius 2 is 2.38 bits per heavy atom. The number of rotatable bonds is 7. The molecule has 0 bridgehead atoms. The highest BCUT2D eigenvalue weighted by Crippen LogP contribution is 2.17. The average Bonchev–Trinajstić information content (AvgIpc) is 3.20. The lowest BCUT2D eigenvalue weighted by Gasteiger charge is -2.22. The van der Waals surface area contributed by atoms with E-state index in [1.54, 1.807) is 6.07 Å². The molecule has 7 heteroatoms. The number of pyridine rings is 1. The van der Waals surface area contributed by atoms with Gasteiger partial charge in [-0.1, -0.05) is 5.16 Å². The van der Waals surface area contributed by atoms with E-state index in [-0.39, 0.29) is 12.5 Å². The summed E-state index contributed by atoms with van der Waals surface area (Å²) in [4.78, 5) is 18.7. The molecule has 0 spiro atoms. The van der Waals surface area contributed by atoms with Gasteiger partial charge < -0.3 is 14.9 Å². The number of aromatic nitrogens is 2. The number of unbranched alkanes of at least 4 members (excludes halogenated alkanes) is 1. The minimum Gasteiger partial charge on any atom is -0.395 e. The SMILES string of the molecule is Cc1noc2ncc(C(=O)NCCCCN3CCCC3CO)cc12. The van der Waals surface area contributed by atoms with Gasteiger partial charge in [0.15, 0.2) is 0 Å². The molecule has 1 atom stereocenters. The summed E-state index contributed by atoms with van der Waals surface area (Å²) < 4.78 is 5.05. The Morgan fingerprint density at radius 3 is 3.21 bits per heavy atom. The Morgan fingerprint density at radius 1 is 1.50 bits per heavy atom. The number of carbonyl (C=O) groups is 1. The highest BCUT2D eigenvalue weighted by molar-refractivity contribution is 5.96. The van der Waals surface area contributed by atoms with Gasteiger partial charge >= 0.3 is 0 Å². The van der Waals surface area contributed by atoms with Crippen LogP contribution in [-0.4, -0.2) is 58.3 Å². The maximum Gasteiger partial charge on any atom is 0.257 e. The van der Waals surface area contributed by atoms with Crippen LogP contribution in [0.25, 0.3) is 11.1 Å². The Labute approximate surface area is 141 Å². The molecule has 2 N–H and O–H groups in total. The summed E-state index contributed by atoms with van der Waals surface area (Å²) in [6.45, 7) is 4.76. The summed E-state index contributed by atoms with van der Waals surface area (Å²) in [5.41, 5.74) is 1.71. The minimum absolute atomic E-state index is 0.126. The standard InChI is InChI=1S/C17H24N4O3/c1-12-15-9-13(10-19-17(15)24-20-12)16(23)18-6-2-3-7-21-8-4-5-14(21)11-22/h9-10,14,22H,2-8,11H2,1H3,(H,18,23). The monoisotopic (exact) mass is 332 g/mol. The van der Waals surface area contributed by atoms with Gasteiger partial charge in [0.1, 0.15) is 0 Å². The minimum atomic E-state index is -0.126. The molecule has 24 heavy (non-hydrogen) atoms. The lowest BCUT2D eigenvalue weighted by molar-refractivity contribution is 0.0952. The number of nitrogens with one attached hydrogen (secondary N) is 1. The molecular formula is C17H24N4O3. The van der Waals surface area contributed by atoms with Crippen molar-refractivity contribution in [2.45, 2.75) is 38.6 Å². The molecule has 1 fully saturated rings. The summed E-state index contributed by atoms with van der Waals surface area (Å²) >= 11 is 0. The molecule has 1 unspecified atom stereocenters. The second-order valence-corrected chi connectivity index (χ2v) is 6.32. The molecule has 1 saturated heterocycles. The van der Waals surface area contributed by atoms with Crippen LogP contribution in [-0.2, 0) is 0 Å². The molecule has 0 radical (unpaired) electrons. The van der Waals surface area contributed by atoms with Crippen LogP contribution in [0.3, 0.4) is 0 Å². The van der Waals surface area contributed by atoms with Crippen molar-refractivity contribution in [2.24, 2.45) is 0 Å². The summed E-state index contributed by atoms with van der Waals surface area (Å²) in [6, 6.07) is 2.09. The van der Waals surface area contributed by atoms with E-state index >= 15 is 0 Å². The zero-order valence-corrected chi connectivity index (χ0v) is 14.0. The molecular weight excluding hydrogens is 308 g/mol. The molecule has 7 nitrogen and oxygen atoms in total. The molecule has 0 saturated carbocycles. The van der Waals surface area contributed by atoms with Gasteiger partial charge in [-0.05, 0) is 51.8 Å². The van der Waals surface area contributed by atoms with Crippen molar-refractivity contribution in [1.82, 2.24) is 20.4 Å². The first-order valence-corrected chi connectivity index (χ1v) is 8.54. The maximum atomic E-state index is 12.2. The number of carbonyl (C=O) groups excluding carboxylic acids is 1. The van der Waals surface area contributed by atoms with Crippen LogP contribution in [0.1, 0.15) is 41.7 Å². The number of aliphatic hydroxyl groups is 1. The zero-order valence-electron chi connectivity index (χ0n) is 14.0. The van der Waals surface area contributed by atoms with Crippen molar-refractivity contribution >= 4 is 17.0 Å². The van der Waals surface area contributed by atoms with Crippen molar-refractivity contribution in [3.8, 4) is 0 Å². The number of aliphatic hydroxyl groups excluding tert-OH is 1. The molecule has 1 aliphatic rings. The smallest absolute Gasteiger partial charge is 0.257 e. The quantitative estimate of drug-likeness (QED) is 0.747. The topological polar surface area (TPSA) is 91.5 Å². The third-order valence-electron chi connectivity index (χ3n) is 4.64. The number of likely N-dealkylation sites (tertiary alicyclic amines) is 1. The predicted molar refractivity (Wildman–Crippen MR) is 89.8 cm³/mol. The van der Waals surface area contributed by atoms with Crippen molar-refractivity contribution < 1.29 is 14.4 Å². The van der Waals surface area contributed by atoms with Crippen LogP contribution in [0, 0.1) is 6.92 Å². The van der Waals surface area contributed by atoms with Gasteiger partial charge in [0, 0.05) is 18.8 Å². The van der Waals surface area contributed by atoms with E-state index in [0.717, 1.165) is 43.4 Å². The average molecular weight is 332 g/mol. The van der Waals surface area contributed by atoms with E-state index < -0.39 is 0 Å². The van der Waals surface area contributed by atoms with E-state index in [0.29, 0.717) is 23.9 Å². The van der Waals surface area contributed by atoms with Crippen LogP contribution in [0.15, 0.2) is 16.8 Å². The summed E-state index contributed by atoms with van der Waals surface area (Å²) in [6.07, 6.45) is 5.70. The number of aryl methyl sites for hydroxylation is 1. The predicted octanol–water partition coefficient (Wildman–Crippen LogP) is 1.50. The summed E-state index contributed by atoms with van der Waals surface area (Å²) in [7, 11) is 0. The largest absolute Gasteiger partial charge is 0.395 e. The van der Waals surface area contributed by atoms with Crippen LogP contribution >= 0.6 is 0 Å². The number of hydrogen-bond acceptors (Lipinski definition) is 6. The van der Waals surface area contributed by atoms with Crippen LogP contribution in [0.2, 0.25) is 0 Å². The van der Waals surface area contributed by atoms with Crippen molar-refractivity contribution in [3.05, 3.63) is 23.5 Å². The van der Waals surface area contributed by atoms with Crippen LogP contribution in [0.5, 0.6) is 0 Å². The van der Waals surface area contributed by atoms with Gasteiger partial charge in [0.25, 0.3) is 11.6 Å². The Balaban J connectivity index is 1.42. The van der Waals surface area contributed by atoms with E-state index in [4.69, 9.17) is 4.52 Å². The summed E-state index contributed by atoms with van der Waals surface area (Å²) in [5.74, 6) is -0.126. The van der Waals surface area contributed by atoms with Gasteiger partial charge in [0.2, 0.25) is 0 Å². The number of amides is 1. The fourth-order valence-electron chi connectivity index (χ4n) is 3.21. The number of fused-ring (bicyclic) bond motifs is 1. The molecule has 0 aliphatic carbocycles. The molecule has 1 amide bonds. The van der Waals surface area contributed by atoms with Gasteiger partial charge in [-0.25, -0.2) is 4.98 Å². The molecule has 1 aliphatic heterocycles. The first-order chi connectivity index (χ1) is 11.7. The molecule has 2 aromatic rings. The fraction of sp³-hybridized carbons (Fsp3) is 0.588. The van der Waals surface area contributed by atoms with Crippen molar-refractivity contribution in [1.29, 1.82) is 0 Å². The van der Waals surface area contributed by atoms with E-state index in [9.17, 15) is 9.90 Å². The highest BCUT2D eigenvalue weighted by Gasteiger charge is 2.22. The highest BCUT2D eigenvalue weighted by atomic mass is 16.5. The molecule has 3 heterocycles. The lowest BCUT2D eigenvalue weighted by Crippen LogP contribution is -2.33. The first-order valence-electron chi connectivity index (χ1n) is 8.54. The van der Waals surface area contributed by atoms with E-state index in [1.807, 2.05) is 6.92 Å². The van der Waals surface area contributed by atoms with E-state index in [1.165, 1.54) is 12.6 Å². The zero-order chi connectivity index (χ0) is 16.9. The molecule has 2 aromatic heterocycles. The van der Waals surface area contributed by atoms with Crippen LogP contribution < -0.4 is 5.32 Å². The fourth-order valence-corrected chi connectivity index (χ4v) is 3.21. The first kappa shape index (κ1) is 16.9. The van der Waals surface area contributed by atoms with Crippen molar-refractivity contribution in [2.75, 3.05) is 26.2 Å². The Kier molecular flexibility index (Phi) is 5.42. The Hall–Kier alpha value is -1.99. The van der Waals surface area contributed by atoms with E-state index in [2.05, 4.69) is 20.4 Å². The summed E-state index contributed by atoms with van der Waals surface area (Å²) in [5, 5.41) is 16.8. The van der Waals surface area contributed by atoms with Gasteiger partial charge in [-0.15, -0.1) is 0 Å². The normalized spacial score (nSPS) is 18.3. The van der Waals surface area contributed by atoms with Gasteiger partial charge in [0.05, 0.1) is 23.3 Å². The number of nitrogens with zero attached hydrogens (tertiary/aromatic N) is 3. The molecule has 3 rings (SSSR count). The molecule has 0 aromatic carbocycles. The van der Waals surface area contributed by atoms with Crippen LogP contribution in [0.4, 0.5) is 0 Å². The van der Waals surface area contributed by atoms with Crippen molar-refractivity contribution in [3.63, 3.8) is 0 Å². The third-order valence-corrected chi connectivity index (χ3v) is 4.64. The molecule has 130 valence electrons. The maximum absolute atomic E-state index is 12.2. The number of hydrogen-bond donors (Lipinski definition) is 2. The van der Waals surface area contributed by atoms with Gasteiger partial charge in [-0.3, -0.25) is 9.69 Å². The van der Waals surface area contributed by atoms with Gasteiger partial charge in [-0.2, -0.15) is 0 Å². The second-order valence-electron chi connectivity index (χ2n) is 6.32. The second kappa shape index (κ2) is 7.72. The lowest BCUT2D eigenvalue weighted by atomic mass is 10.2.